The van der Waals surface area contributed by atoms with Crippen molar-refractivity contribution in [2.75, 3.05) is 6.54 Å². The van der Waals surface area contributed by atoms with Crippen LogP contribution in [-0.4, -0.2) is 46.3 Å². The standard InChI is InChI=1S/C12H21F3N2O3/c1-5-11(6-2,9(18)19)16-10(20)17(8(3)4)7-12(13,14)15/h8H,5-7H2,1-4H3,(H,16,20)(H,18,19). The van der Waals surface area contributed by atoms with Crippen LogP contribution in [0.1, 0.15) is 40.5 Å². The summed E-state index contributed by atoms with van der Waals surface area (Å²) in [5.74, 6) is -1.26. The Kier molecular flexibility index (Phi) is 6.31. The molecular weight excluding hydrogens is 277 g/mol. The molecule has 0 saturated carbocycles. The molecular formula is C12H21F3N2O3. The van der Waals surface area contributed by atoms with Crippen LogP contribution in [0.2, 0.25) is 0 Å². The third-order valence-corrected chi connectivity index (χ3v) is 3.20. The number of nitrogens with zero attached hydrogens (tertiary/aromatic N) is 1. The van der Waals surface area contributed by atoms with Crippen molar-refractivity contribution in [3.05, 3.63) is 0 Å². The van der Waals surface area contributed by atoms with Crippen molar-refractivity contribution in [1.82, 2.24) is 10.2 Å². The molecule has 0 aliphatic rings. The van der Waals surface area contributed by atoms with Crippen molar-refractivity contribution in [3.8, 4) is 0 Å². The minimum Gasteiger partial charge on any atom is -0.480 e. The number of amides is 2. The normalized spacial score (nSPS) is 12.4. The predicted octanol–water partition coefficient (Wildman–Crippen LogP) is 2.61. The Hall–Kier alpha value is -1.47. The van der Waals surface area contributed by atoms with Crippen LogP contribution in [0.15, 0.2) is 0 Å². The summed E-state index contributed by atoms with van der Waals surface area (Å²) in [5, 5.41) is 11.4. The Labute approximate surface area is 116 Å². The molecule has 2 N–H and O–H groups in total. The molecule has 0 aromatic heterocycles. The maximum absolute atomic E-state index is 12.4. The van der Waals surface area contributed by atoms with Crippen LogP contribution < -0.4 is 5.32 Å². The van der Waals surface area contributed by atoms with Crippen molar-refractivity contribution in [2.45, 2.75) is 58.3 Å². The maximum atomic E-state index is 12.4. The molecule has 118 valence electrons. The SMILES string of the molecule is CCC(CC)(NC(=O)N(CC(F)(F)F)C(C)C)C(=O)O. The molecule has 0 bridgehead atoms. The smallest absolute Gasteiger partial charge is 0.406 e. The third-order valence-electron chi connectivity index (χ3n) is 3.20. The predicted molar refractivity (Wildman–Crippen MR) is 67.4 cm³/mol. The Morgan fingerprint density at radius 2 is 1.65 bits per heavy atom. The third kappa shape index (κ3) is 4.90. The largest absolute Gasteiger partial charge is 0.480 e. The van der Waals surface area contributed by atoms with E-state index in [1.165, 1.54) is 13.8 Å². The first kappa shape index (κ1) is 18.5. The molecule has 2 amide bonds. The zero-order valence-electron chi connectivity index (χ0n) is 12.0. The van der Waals surface area contributed by atoms with Gasteiger partial charge in [-0.15, -0.1) is 0 Å². The van der Waals surface area contributed by atoms with Crippen molar-refractivity contribution < 1.29 is 27.9 Å². The van der Waals surface area contributed by atoms with E-state index in [1.807, 2.05) is 0 Å². The summed E-state index contributed by atoms with van der Waals surface area (Å²) in [6.45, 7) is 4.57. The Balaban J connectivity index is 5.14. The van der Waals surface area contributed by atoms with E-state index in [-0.39, 0.29) is 12.8 Å². The molecule has 0 saturated heterocycles. The van der Waals surface area contributed by atoms with Crippen LogP contribution in [0.4, 0.5) is 18.0 Å². The van der Waals surface area contributed by atoms with Crippen LogP contribution in [-0.2, 0) is 4.79 Å². The number of urea groups is 1. The number of carbonyl (C=O) groups is 2. The van der Waals surface area contributed by atoms with Gasteiger partial charge in [-0.2, -0.15) is 13.2 Å². The van der Waals surface area contributed by atoms with Gasteiger partial charge in [-0.25, -0.2) is 9.59 Å². The van der Waals surface area contributed by atoms with Gasteiger partial charge in [-0.05, 0) is 26.7 Å². The second kappa shape index (κ2) is 6.81. The minimum absolute atomic E-state index is 0.0858. The van der Waals surface area contributed by atoms with Crippen LogP contribution >= 0.6 is 0 Å². The van der Waals surface area contributed by atoms with E-state index in [1.54, 1.807) is 13.8 Å². The molecule has 0 aromatic carbocycles. The highest BCUT2D eigenvalue weighted by atomic mass is 19.4. The van der Waals surface area contributed by atoms with E-state index >= 15 is 0 Å². The van der Waals surface area contributed by atoms with Crippen molar-refractivity contribution in [3.63, 3.8) is 0 Å². The topological polar surface area (TPSA) is 69.6 Å². The van der Waals surface area contributed by atoms with E-state index in [4.69, 9.17) is 0 Å². The minimum atomic E-state index is -4.54. The van der Waals surface area contributed by atoms with Gasteiger partial charge >= 0.3 is 18.2 Å². The Bertz CT molecular complexity index is 352. The number of hydrogen-bond acceptors (Lipinski definition) is 2. The number of carbonyl (C=O) groups excluding carboxylic acids is 1. The summed E-state index contributed by atoms with van der Waals surface area (Å²) in [4.78, 5) is 23.8. The van der Waals surface area contributed by atoms with Gasteiger partial charge in [0.05, 0.1) is 0 Å². The van der Waals surface area contributed by atoms with Crippen molar-refractivity contribution in [1.29, 1.82) is 0 Å². The molecule has 0 unspecified atom stereocenters. The average molecular weight is 298 g/mol. The molecule has 0 aromatic rings. The molecule has 0 heterocycles. The number of hydrogen-bond donors (Lipinski definition) is 2. The fourth-order valence-corrected chi connectivity index (χ4v) is 1.74. The van der Waals surface area contributed by atoms with Crippen LogP contribution in [0.5, 0.6) is 0 Å². The number of carboxylic acids is 1. The molecule has 0 aliphatic carbocycles. The van der Waals surface area contributed by atoms with Gasteiger partial charge in [-0.1, -0.05) is 13.8 Å². The van der Waals surface area contributed by atoms with Gasteiger partial charge in [-0.3, -0.25) is 0 Å². The van der Waals surface area contributed by atoms with E-state index in [0.717, 1.165) is 0 Å². The highest BCUT2D eigenvalue weighted by molar-refractivity contribution is 5.86. The highest BCUT2D eigenvalue weighted by Gasteiger charge is 2.40. The molecule has 0 fully saturated rings. The summed E-state index contributed by atoms with van der Waals surface area (Å²) >= 11 is 0. The zero-order valence-corrected chi connectivity index (χ0v) is 12.0. The number of carboxylic acid groups (broad SMARTS) is 1. The van der Waals surface area contributed by atoms with Crippen LogP contribution in [0.25, 0.3) is 0 Å². The number of alkyl halides is 3. The summed E-state index contributed by atoms with van der Waals surface area (Å²) in [6.07, 6.45) is -4.36. The van der Waals surface area contributed by atoms with Gasteiger partial charge in [0, 0.05) is 6.04 Å². The lowest BCUT2D eigenvalue weighted by molar-refractivity contribution is -0.146. The lowest BCUT2D eigenvalue weighted by Crippen LogP contribution is -2.59. The van der Waals surface area contributed by atoms with Gasteiger partial charge in [0.1, 0.15) is 12.1 Å². The Morgan fingerprint density at radius 1 is 1.20 bits per heavy atom. The van der Waals surface area contributed by atoms with Gasteiger partial charge < -0.3 is 15.3 Å². The fourth-order valence-electron chi connectivity index (χ4n) is 1.74. The van der Waals surface area contributed by atoms with Gasteiger partial charge in [0.15, 0.2) is 0 Å². The van der Waals surface area contributed by atoms with Gasteiger partial charge in [0.25, 0.3) is 0 Å². The monoisotopic (exact) mass is 298 g/mol. The summed E-state index contributed by atoms with van der Waals surface area (Å²) in [7, 11) is 0. The van der Waals surface area contributed by atoms with E-state index in [9.17, 15) is 27.9 Å². The first-order valence-electron chi connectivity index (χ1n) is 6.38. The molecule has 0 radical (unpaired) electrons. The van der Waals surface area contributed by atoms with Crippen LogP contribution in [0, 0.1) is 0 Å². The second-order valence-corrected chi connectivity index (χ2v) is 4.86. The average Bonchev–Trinajstić information content (AvgIpc) is 2.31. The zero-order chi connectivity index (χ0) is 16.1. The lowest BCUT2D eigenvalue weighted by Gasteiger charge is -2.34. The fraction of sp³-hybridized carbons (Fsp3) is 0.833. The molecule has 5 nitrogen and oxygen atoms in total. The van der Waals surface area contributed by atoms with E-state index in [0.29, 0.717) is 4.90 Å². The molecule has 8 heteroatoms. The molecule has 0 rings (SSSR count). The number of halogens is 3. The quantitative estimate of drug-likeness (QED) is 0.792. The Morgan fingerprint density at radius 3 is 1.90 bits per heavy atom. The summed E-state index contributed by atoms with van der Waals surface area (Å²) in [6, 6.07) is -1.72. The van der Waals surface area contributed by atoms with E-state index < -0.39 is 36.3 Å². The first-order chi connectivity index (χ1) is 8.99. The molecule has 0 spiro atoms. The molecule has 0 aliphatic heterocycles. The van der Waals surface area contributed by atoms with Crippen molar-refractivity contribution >= 4 is 12.0 Å². The van der Waals surface area contributed by atoms with E-state index in [2.05, 4.69) is 5.32 Å². The highest BCUT2D eigenvalue weighted by Crippen LogP contribution is 2.20. The number of rotatable bonds is 6. The van der Waals surface area contributed by atoms with Crippen LogP contribution in [0.3, 0.4) is 0 Å². The van der Waals surface area contributed by atoms with Gasteiger partial charge in [0.2, 0.25) is 0 Å². The molecule has 20 heavy (non-hydrogen) atoms. The first-order valence-corrected chi connectivity index (χ1v) is 6.38. The number of nitrogens with one attached hydrogen (secondary N) is 1. The summed E-state index contributed by atoms with van der Waals surface area (Å²) < 4.78 is 37.3. The number of aliphatic carboxylic acids is 1. The second-order valence-electron chi connectivity index (χ2n) is 4.86. The lowest BCUT2D eigenvalue weighted by atomic mass is 9.93. The summed E-state index contributed by atoms with van der Waals surface area (Å²) in [5.41, 5.74) is -1.55. The maximum Gasteiger partial charge on any atom is 0.406 e. The van der Waals surface area contributed by atoms with Crippen molar-refractivity contribution in [2.24, 2.45) is 0 Å². The molecule has 0 atom stereocenters.